The van der Waals surface area contributed by atoms with E-state index in [2.05, 4.69) is 40.6 Å². The Balaban J connectivity index is 2.10. The van der Waals surface area contributed by atoms with Crippen LogP contribution in [-0.4, -0.2) is 18.1 Å². The van der Waals surface area contributed by atoms with E-state index in [4.69, 9.17) is 0 Å². The van der Waals surface area contributed by atoms with Gasteiger partial charge in [0.2, 0.25) is 0 Å². The van der Waals surface area contributed by atoms with Crippen molar-refractivity contribution in [2.75, 3.05) is 13.2 Å². The van der Waals surface area contributed by atoms with Crippen molar-refractivity contribution >= 4 is 6.08 Å². The summed E-state index contributed by atoms with van der Waals surface area (Å²) in [5, 5.41) is 3.36. The number of benzene rings is 1. The highest BCUT2D eigenvalue weighted by atomic mass is 15.3. The van der Waals surface area contributed by atoms with E-state index >= 15 is 0 Å². The quantitative estimate of drug-likeness (QED) is 0.636. The molecular formula is C11H12N2. The van der Waals surface area contributed by atoms with Gasteiger partial charge in [0, 0.05) is 18.8 Å². The smallest absolute Gasteiger partial charge is 0.0686 e. The van der Waals surface area contributed by atoms with Gasteiger partial charge in [-0.1, -0.05) is 24.3 Å². The average molecular weight is 172 g/mol. The van der Waals surface area contributed by atoms with Crippen LogP contribution in [0.3, 0.4) is 0 Å². The second kappa shape index (κ2) is 2.60. The lowest BCUT2D eigenvalue weighted by Gasteiger charge is -2.24. The van der Waals surface area contributed by atoms with Crippen LogP contribution in [0.25, 0.3) is 6.08 Å². The molecule has 2 aliphatic heterocycles. The molecular weight excluding hydrogens is 160 g/mol. The Morgan fingerprint density at radius 1 is 1.23 bits per heavy atom. The van der Waals surface area contributed by atoms with Crippen molar-refractivity contribution in [3.05, 3.63) is 41.1 Å². The normalized spacial score (nSPS) is 19.4. The van der Waals surface area contributed by atoms with E-state index in [-0.39, 0.29) is 0 Å². The van der Waals surface area contributed by atoms with Crippen molar-refractivity contribution < 1.29 is 0 Å². The first-order valence-corrected chi connectivity index (χ1v) is 4.67. The molecule has 0 radical (unpaired) electrons. The van der Waals surface area contributed by atoms with E-state index in [1.807, 2.05) is 0 Å². The minimum Gasteiger partial charge on any atom is -0.357 e. The van der Waals surface area contributed by atoms with Crippen LogP contribution in [-0.2, 0) is 6.54 Å². The lowest BCUT2D eigenvalue weighted by atomic mass is 10.0. The van der Waals surface area contributed by atoms with E-state index in [9.17, 15) is 0 Å². The largest absolute Gasteiger partial charge is 0.357 e. The van der Waals surface area contributed by atoms with Crippen LogP contribution >= 0.6 is 0 Å². The van der Waals surface area contributed by atoms with Gasteiger partial charge in [-0.3, -0.25) is 5.32 Å². The van der Waals surface area contributed by atoms with Gasteiger partial charge in [0.05, 0.1) is 6.67 Å². The molecule has 1 N–H and O–H groups in total. The molecule has 2 aliphatic rings. The van der Waals surface area contributed by atoms with Gasteiger partial charge >= 0.3 is 0 Å². The molecule has 0 atom stereocenters. The van der Waals surface area contributed by atoms with E-state index in [0.717, 1.165) is 19.8 Å². The Labute approximate surface area is 77.9 Å². The van der Waals surface area contributed by atoms with E-state index in [1.165, 1.54) is 16.8 Å². The van der Waals surface area contributed by atoms with Crippen LogP contribution in [0.4, 0.5) is 0 Å². The molecule has 1 saturated heterocycles. The molecule has 0 saturated carbocycles. The molecule has 1 fully saturated rings. The van der Waals surface area contributed by atoms with Crippen LogP contribution < -0.4 is 5.32 Å². The Morgan fingerprint density at radius 2 is 2.15 bits per heavy atom. The van der Waals surface area contributed by atoms with E-state index in [1.54, 1.807) is 0 Å². The van der Waals surface area contributed by atoms with E-state index < -0.39 is 0 Å². The van der Waals surface area contributed by atoms with Crippen LogP contribution in [0.1, 0.15) is 11.1 Å². The fourth-order valence-corrected chi connectivity index (χ4v) is 2.04. The molecule has 66 valence electrons. The fourth-order valence-electron chi connectivity index (χ4n) is 2.04. The van der Waals surface area contributed by atoms with Gasteiger partial charge in [-0.25, -0.2) is 0 Å². The second-order valence-electron chi connectivity index (χ2n) is 3.62. The highest BCUT2D eigenvalue weighted by Gasteiger charge is 2.20. The molecule has 0 unspecified atom stereocenters. The topological polar surface area (TPSA) is 15.3 Å². The van der Waals surface area contributed by atoms with Crippen LogP contribution in [0.5, 0.6) is 0 Å². The Morgan fingerprint density at radius 3 is 3.15 bits per heavy atom. The molecule has 13 heavy (non-hydrogen) atoms. The standard InChI is InChI=1S/C11H12N2/c1-2-4-10-7-13-8-12-6-11(13)5-9(10)3-1/h1-5,12H,6-8H2. The van der Waals surface area contributed by atoms with Gasteiger partial charge in [-0.15, -0.1) is 0 Å². The highest BCUT2D eigenvalue weighted by Crippen LogP contribution is 2.25. The van der Waals surface area contributed by atoms with Crippen LogP contribution in [0.15, 0.2) is 30.0 Å². The third kappa shape index (κ3) is 1.06. The van der Waals surface area contributed by atoms with Crippen molar-refractivity contribution in [2.24, 2.45) is 0 Å². The Kier molecular flexibility index (Phi) is 1.43. The zero-order valence-corrected chi connectivity index (χ0v) is 7.46. The minimum absolute atomic E-state index is 1.00. The van der Waals surface area contributed by atoms with Crippen LogP contribution in [0.2, 0.25) is 0 Å². The van der Waals surface area contributed by atoms with Gasteiger partial charge in [0.1, 0.15) is 0 Å². The molecule has 0 aliphatic carbocycles. The summed E-state index contributed by atoms with van der Waals surface area (Å²) in [5.41, 5.74) is 4.26. The van der Waals surface area contributed by atoms with Crippen LogP contribution in [0, 0.1) is 0 Å². The summed E-state index contributed by atoms with van der Waals surface area (Å²) in [5.74, 6) is 0. The number of rotatable bonds is 0. The molecule has 0 amide bonds. The predicted molar refractivity (Wildman–Crippen MR) is 52.8 cm³/mol. The van der Waals surface area contributed by atoms with Gasteiger partial charge in [0.15, 0.2) is 0 Å². The summed E-state index contributed by atoms with van der Waals surface area (Å²) in [6.45, 7) is 3.09. The first-order chi connectivity index (χ1) is 6.43. The molecule has 0 spiro atoms. The first kappa shape index (κ1) is 7.15. The molecule has 1 aromatic carbocycles. The summed E-state index contributed by atoms with van der Waals surface area (Å²) in [6, 6.07) is 8.62. The number of fused-ring (bicyclic) bond motifs is 2. The van der Waals surface area contributed by atoms with E-state index in [0.29, 0.717) is 0 Å². The minimum atomic E-state index is 1.00. The molecule has 2 nitrogen and oxygen atoms in total. The third-order valence-corrected chi connectivity index (χ3v) is 2.75. The lowest BCUT2D eigenvalue weighted by Crippen LogP contribution is -2.22. The van der Waals surface area contributed by atoms with Gasteiger partial charge in [-0.2, -0.15) is 0 Å². The SMILES string of the molecule is C1=C2CNCN2Cc2ccccc21. The lowest BCUT2D eigenvalue weighted by molar-refractivity contribution is 0.374. The molecule has 0 bridgehead atoms. The van der Waals surface area contributed by atoms with Gasteiger partial charge in [-0.05, 0) is 17.2 Å². The van der Waals surface area contributed by atoms with Crippen molar-refractivity contribution in [1.29, 1.82) is 0 Å². The molecule has 1 aromatic rings. The van der Waals surface area contributed by atoms with Crippen molar-refractivity contribution in [1.82, 2.24) is 10.2 Å². The second-order valence-corrected chi connectivity index (χ2v) is 3.62. The Bertz CT molecular complexity index is 368. The number of hydrogen-bond acceptors (Lipinski definition) is 2. The summed E-state index contributed by atoms with van der Waals surface area (Å²) in [6.07, 6.45) is 2.29. The molecule has 0 aromatic heterocycles. The molecule has 2 heterocycles. The monoisotopic (exact) mass is 172 g/mol. The summed E-state index contributed by atoms with van der Waals surface area (Å²) >= 11 is 0. The maximum absolute atomic E-state index is 3.36. The van der Waals surface area contributed by atoms with Crippen molar-refractivity contribution in [2.45, 2.75) is 6.54 Å². The summed E-state index contributed by atoms with van der Waals surface area (Å²) < 4.78 is 0. The number of nitrogens with one attached hydrogen (secondary N) is 1. The first-order valence-electron chi connectivity index (χ1n) is 4.67. The van der Waals surface area contributed by atoms with Gasteiger partial charge in [0.25, 0.3) is 0 Å². The van der Waals surface area contributed by atoms with Crippen molar-refractivity contribution in [3.8, 4) is 0 Å². The predicted octanol–water partition coefficient (Wildman–Crippen LogP) is 1.40. The average Bonchev–Trinajstić information content (AvgIpc) is 2.61. The summed E-state index contributed by atoms with van der Waals surface area (Å²) in [4.78, 5) is 2.39. The van der Waals surface area contributed by atoms with Crippen molar-refractivity contribution in [3.63, 3.8) is 0 Å². The highest BCUT2D eigenvalue weighted by molar-refractivity contribution is 5.59. The number of hydrogen-bond donors (Lipinski definition) is 1. The van der Waals surface area contributed by atoms with Gasteiger partial charge < -0.3 is 4.90 Å². The summed E-state index contributed by atoms with van der Waals surface area (Å²) in [7, 11) is 0. The maximum Gasteiger partial charge on any atom is 0.0686 e. The maximum atomic E-state index is 3.36. The zero-order chi connectivity index (χ0) is 8.67. The zero-order valence-electron chi connectivity index (χ0n) is 7.46. The number of nitrogens with zero attached hydrogens (tertiary/aromatic N) is 1. The fraction of sp³-hybridized carbons (Fsp3) is 0.273. The molecule has 3 rings (SSSR count). The molecule has 2 heteroatoms. The Hall–Kier alpha value is -1.28. The third-order valence-electron chi connectivity index (χ3n) is 2.75.